The molecule has 0 aliphatic carbocycles. The molecule has 0 aromatic rings. The van der Waals surface area contributed by atoms with Gasteiger partial charge in [0.1, 0.15) is 13.2 Å². The van der Waals surface area contributed by atoms with Gasteiger partial charge >= 0.3 is 17.9 Å². The van der Waals surface area contributed by atoms with Crippen molar-refractivity contribution < 1.29 is 28.6 Å². The Labute approximate surface area is 501 Å². The topological polar surface area (TPSA) is 78.9 Å². The van der Waals surface area contributed by atoms with Crippen molar-refractivity contribution in [3.63, 3.8) is 0 Å². The van der Waals surface area contributed by atoms with Gasteiger partial charge in [-0.1, -0.05) is 373 Å². The highest BCUT2D eigenvalue weighted by molar-refractivity contribution is 5.71. The minimum Gasteiger partial charge on any atom is -0.462 e. The van der Waals surface area contributed by atoms with Crippen LogP contribution in [0.3, 0.4) is 0 Å². The first-order valence-electron chi connectivity index (χ1n) is 36.7. The molecule has 1 unspecified atom stereocenters. The van der Waals surface area contributed by atoms with E-state index in [9.17, 15) is 14.4 Å². The number of esters is 3. The second-order valence-electron chi connectivity index (χ2n) is 25.2. The van der Waals surface area contributed by atoms with Crippen LogP contribution in [0.4, 0.5) is 0 Å². The molecule has 0 saturated heterocycles. The summed E-state index contributed by atoms with van der Waals surface area (Å²) in [6.07, 6.45) is 83.9. The Morgan fingerprint density at radius 1 is 0.237 bits per heavy atom. The Hall–Kier alpha value is -1.85. The van der Waals surface area contributed by atoms with Gasteiger partial charge < -0.3 is 14.2 Å². The summed E-state index contributed by atoms with van der Waals surface area (Å²) in [6, 6.07) is 0. The van der Waals surface area contributed by atoms with Crippen molar-refractivity contribution in [2.24, 2.45) is 0 Å². The molecule has 0 amide bonds. The molecule has 0 N–H and O–H groups in total. The molecular formula is C74H142O6. The number of unbranched alkanes of at least 4 members (excludes halogenated alkanes) is 56. The van der Waals surface area contributed by atoms with Crippen LogP contribution < -0.4 is 0 Å². The summed E-state index contributed by atoms with van der Waals surface area (Å²) in [4.78, 5) is 38.5. The van der Waals surface area contributed by atoms with E-state index in [4.69, 9.17) is 14.2 Å². The fraction of sp³-hybridized carbons (Fsp3) is 0.932. The summed E-state index contributed by atoms with van der Waals surface area (Å²) in [5, 5.41) is 0. The predicted octanol–water partition coefficient (Wildman–Crippen LogP) is 25.2. The number of carbonyl (C=O) groups excluding carboxylic acids is 3. The first kappa shape index (κ1) is 78.1. The molecule has 0 fully saturated rings. The molecule has 0 aliphatic heterocycles. The molecule has 0 bridgehead atoms. The van der Waals surface area contributed by atoms with Gasteiger partial charge in [-0.3, -0.25) is 14.4 Å². The van der Waals surface area contributed by atoms with Gasteiger partial charge in [0.05, 0.1) is 0 Å². The molecule has 6 nitrogen and oxygen atoms in total. The summed E-state index contributed by atoms with van der Waals surface area (Å²) >= 11 is 0. The van der Waals surface area contributed by atoms with Crippen molar-refractivity contribution in [1.29, 1.82) is 0 Å². The highest BCUT2D eigenvalue weighted by Gasteiger charge is 2.20. The van der Waals surface area contributed by atoms with Crippen LogP contribution in [0, 0.1) is 0 Å². The summed E-state index contributed by atoms with van der Waals surface area (Å²) in [5.41, 5.74) is 0. The Balaban J connectivity index is 4.25. The second kappa shape index (κ2) is 69.6. The summed E-state index contributed by atoms with van der Waals surface area (Å²) in [5.74, 6) is -0.835. The maximum atomic E-state index is 13.0. The van der Waals surface area contributed by atoms with E-state index < -0.39 is 6.10 Å². The monoisotopic (exact) mass is 1130 g/mol. The third-order valence-electron chi connectivity index (χ3n) is 17.0. The Morgan fingerprint density at radius 2 is 0.412 bits per heavy atom. The molecule has 6 heteroatoms. The summed E-state index contributed by atoms with van der Waals surface area (Å²) < 4.78 is 17.0. The van der Waals surface area contributed by atoms with Crippen molar-refractivity contribution in [2.45, 2.75) is 431 Å². The van der Waals surface area contributed by atoms with Crippen molar-refractivity contribution in [2.75, 3.05) is 13.2 Å². The van der Waals surface area contributed by atoms with Gasteiger partial charge in [0.25, 0.3) is 0 Å². The van der Waals surface area contributed by atoms with E-state index in [1.54, 1.807) is 0 Å². The van der Waals surface area contributed by atoms with E-state index in [0.29, 0.717) is 19.3 Å². The number of hydrogen-bond acceptors (Lipinski definition) is 6. The number of ether oxygens (including phenoxy) is 3. The number of allylic oxidation sites excluding steroid dienone is 2. The van der Waals surface area contributed by atoms with Crippen molar-refractivity contribution in [3.8, 4) is 0 Å². The molecule has 474 valence electrons. The molecule has 80 heavy (non-hydrogen) atoms. The maximum Gasteiger partial charge on any atom is 0.306 e. The lowest BCUT2D eigenvalue weighted by atomic mass is 10.0. The molecule has 0 rings (SSSR count). The zero-order valence-electron chi connectivity index (χ0n) is 54.6. The molecule has 0 aliphatic rings. The summed E-state index contributed by atoms with van der Waals surface area (Å²) in [7, 11) is 0. The molecule has 0 heterocycles. The van der Waals surface area contributed by atoms with E-state index in [0.717, 1.165) is 64.2 Å². The van der Waals surface area contributed by atoms with E-state index >= 15 is 0 Å². The number of carbonyl (C=O) groups is 3. The van der Waals surface area contributed by atoms with Crippen molar-refractivity contribution in [1.82, 2.24) is 0 Å². The largest absolute Gasteiger partial charge is 0.462 e. The normalized spacial score (nSPS) is 12.0. The standard InChI is InChI=1S/C74H142O6/c1-4-7-10-13-16-19-22-25-28-31-33-35-37-38-40-41-43-46-49-52-55-58-61-64-67-73(76)79-70-71(69-78-72(75)66-63-60-57-54-51-48-45-30-27-24-21-18-15-12-9-6-3)80-74(77)68-65-62-59-56-53-50-47-44-42-39-36-34-32-29-26-23-20-17-14-11-8-5-2/h30,45,71H,4-29,31-44,46-70H2,1-3H3/b45-30-. The molecule has 1 atom stereocenters. The van der Waals surface area contributed by atoms with Gasteiger partial charge in [-0.2, -0.15) is 0 Å². The second-order valence-corrected chi connectivity index (χ2v) is 25.2. The van der Waals surface area contributed by atoms with Crippen molar-refractivity contribution in [3.05, 3.63) is 12.2 Å². The Kier molecular flexibility index (Phi) is 68.0. The van der Waals surface area contributed by atoms with Gasteiger partial charge in [0.15, 0.2) is 6.10 Å². The van der Waals surface area contributed by atoms with Gasteiger partial charge in [-0.25, -0.2) is 0 Å². The van der Waals surface area contributed by atoms with Crippen LogP contribution in [0.5, 0.6) is 0 Å². The average Bonchev–Trinajstić information content (AvgIpc) is 3.46. The average molecular weight is 1130 g/mol. The lowest BCUT2D eigenvalue weighted by Gasteiger charge is -2.18. The lowest BCUT2D eigenvalue weighted by Crippen LogP contribution is -2.30. The highest BCUT2D eigenvalue weighted by atomic mass is 16.6. The smallest absolute Gasteiger partial charge is 0.306 e. The first-order chi connectivity index (χ1) is 39.5. The van der Waals surface area contributed by atoms with Crippen LogP contribution in [-0.2, 0) is 28.6 Å². The van der Waals surface area contributed by atoms with Crippen LogP contribution in [0.1, 0.15) is 425 Å². The van der Waals surface area contributed by atoms with Crippen molar-refractivity contribution >= 4 is 17.9 Å². The minimum absolute atomic E-state index is 0.0654. The quantitative estimate of drug-likeness (QED) is 0.0261. The first-order valence-corrected chi connectivity index (χ1v) is 36.7. The van der Waals surface area contributed by atoms with Gasteiger partial charge in [0.2, 0.25) is 0 Å². The predicted molar refractivity (Wildman–Crippen MR) is 349 cm³/mol. The van der Waals surface area contributed by atoms with Crippen LogP contribution in [-0.4, -0.2) is 37.2 Å². The van der Waals surface area contributed by atoms with Gasteiger partial charge in [-0.15, -0.1) is 0 Å². The van der Waals surface area contributed by atoms with Crippen LogP contribution in [0.25, 0.3) is 0 Å². The van der Waals surface area contributed by atoms with E-state index in [1.165, 1.54) is 321 Å². The van der Waals surface area contributed by atoms with Gasteiger partial charge in [-0.05, 0) is 44.9 Å². The summed E-state index contributed by atoms with van der Waals surface area (Å²) in [6.45, 7) is 6.73. The molecule has 0 aromatic carbocycles. The maximum absolute atomic E-state index is 13.0. The Morgan fingerprint density at radius 3 is 0.625 bits per heavy atom. The van der Waals surface area contributed by atoms with E-state index in [2.05, 4.69) is 32.9 Å². The third kappa shape index (κ3) is 66.9. The highest BCUT2D eigenvalue weighted by Crippen LogP contribution is 2.19. The zero-order chi connectivity index (χ0) is 57.8. The molecule has 0 aromatic heterocycles. The zero-order valence-corrected chi connectivity index (χ0v) is 54.6. The molecular weight excluding hydrogens is 985 g/mol. The number of hydrogen-bond donors (Lipinski definition) is 0. The minimum atomic E-state index is -0.770. The third-order valence-corrected chi connectivity index (χ3v) is 17.0. The Bertz CT molecular complexity index is 1250. The fourth-order valence-corrected chi connectivity index (χ4v) is 11.5. The molecule has 0 spiro atoms. The SMILES string of the molecule is CCCCCCCCC/C=C\CCCCCCCC(=O)OCC(COC(=O)CCCCCCCCCCCCCCCCCCCCCCCCCC)OC(=O)CCCCCCCCCCCCCCCCCCCCCCCC. The number of rotatable bonds is 69. The lowest BCUT2D eigenvalue weighted by molar-refractivity contribution is -0.167. The molecule has 0 saturated carbocycles. The van der Waals surface area contributed by atoms with Crippen LogP contribution in [0.2, 0.25) is 0 Å². The van der Waals surface area contributed by atoms with Gasteiger partial charge in [0, 0.05) is 19.3 Å². The van der Waals surface area contributed by atoms with E-state index in [1.807, 2.05) is 0 Å². The fourth-order valence-electron chi connectivity index (χ4n) is 11.5. The molecule has 0 radical (unpaired) electrons. The van der Waals surface area contributed by atoms with Crippen LogP contribution >= 0.6 is 0 Å². The van der Waals surface area contributed by atoms with Crippen LogP contribution in [0.15, 0.2) is 12.2 Å². The van der Waals surface area contributed by atoms with E-state index in [-0.39, 0.29) is 31.1 Å².